The first kappa shape index (κ1) is 7.92. The maximum absolute atomic E-state index is 5.57. The number of imidazole rings is 1. The van der Waals surface area contributed by atoms with Crippen LogP contribution in [0.15, 0.2) is 18.5 Å². The Balaban J connectivity index is 2.35. The van der Waals surface area contributed by atoms with E-state index in [0.29, 0.717) is 22.9 Å². The van der Waals surface area contributed by atoms with Gasteiger partial charge >= 0.3 is 0 Å². The average Bonchev–Trinajstić information content (AvgIpc) is 2.82. The third kappa shape index (κ3) is 1.13. The molecule has 0 fully saturated rings. The molecule has 7 heteroatoms. The van der Waals surface area contributed by atoms with Gasteiger partial charge < -0.3 is 10.7 Å². The van der Waals surface area contributed by atoms with Crippen LogP contribution >= 0.6 is 0 Å². The second-order valence-electron chi connectivity index (χ2n) is 3.03. The summed E-state index contributed by atoms with van der Waals surface area (Å²) in [5.41, 5.74) is 8.41. The summed E-state index contributed by atoms with van der Waals surface area (Å²) < 4.78 is 0. The highest BCUT2D eigenvalue weighted by Gasteiger charge is 2.10. The van der Waals surface area contributed by atoms with Crippen molar-refractivity contribution in [1.82, 2.24) is 30.4 Å². The van der Waals surface area contributed by atoms with Gasteiger partial charge in [-0.25, -0.2) is 4.98 Å². The number of rotatable bonds is 1. The molecule has 4 N–H and O–H groups in total. The molecule has 7 nitrogen and oxygen atoms in total. The first-order chi connectivity index (χ1) is 7.34. The zero-order valence-electron chi connectivity index (χ0n) is 7.60. The number of hydrogen-bond donors (Lipinski definition) is 3. The number of H-pyrrole nitrogens is 2. The molecule has 0 aliphatic carbocycles. The lowest BCUT2D eigenvalue weighted by Crippen LogP contribution is -1.86. The molecule has 0 spiro atoms. The van der Waals surface area contributed by atoms with Gasteiger partial charge in [-0.2, -0.15) is 15.4 Å². The van der Waals surface area contributed by atoms with Crippen LogP contribution in [0.1, 0.15) is 0 Å². The average molecular weight is 201 g/mol. The van der Waals surface area contributed by atoms with E-state index in [-0.39, 0.29) is 0 Å². The van der Waals surface area contributed by atoms with Gasteiger partial charge in [0.1, 0.15) is 16.9 Å². The highest BCUT2D eigenvalue weighted by atomic mass is 15.3. The standard InChI is InChI=1S/C8H7N7/c9-8-12-4-1-2-10-6(7(4)13-8)5-3-11-15-14-5/h1-3H,(H3,9,12,13)(H,11,14,15). The van der Waals surface area contributed by atoms with Gasteiger partial charge in [-0.05, 0) is 6.07 Å². The van der Waals surface area contributed by atoms with Crippen LogP contribution in [-0.2, 0) is 0 Å². The van der Waals surface area contributed by atoms with E-state index in [4.69, 9.17) is 5.73 Å². The number of anilines is 1. The Morgan fingerprint density at radius 1 is 1.33 bits per heavy atom. The van der Waals surface area contributed by atoms with Crippen molar-refractivity contribution in [2.75, 3.05) is 5.73 Å². The van der Waals surface area contributed by atoms with Crippen LogP contribution in [0.3, 0.4) is 0 Å². The first-order valence-corrected chi connectivity index (χ1v) is 4.31. The van der Waals surface area contributed by atoms with Crippen molar-refractivity contribution in [2.45, 2.75) is 0 Å². The van der Waals surface area contributed by atoms with Crippen molar-refractivity contribution in [3.8, 4) is 11.4 Å². The maximum Gasteiger partial charge on any atom is 0.198 e. The Bertz CT molecular complexity index is 595. The van der Waals surface area contributed by atoms with Gasteiger partial charge in [-0.15, -0.1) is 0 Å². The van der Waals surface area contributed by atoms with E-state index in [1.54, 1.807) is 12.4 Å². The highest BCUT2D eigenvalue weighted by Crippen LogP contribution is 2.22. The van der Waals surface area contributed by atoms with Gasteiger partial charge in [0.25, 0.3) is 0 Å². The number of fused-ring (bicyclic) bond motifs is 1. The topological polar surface area (TPSA) is 109 Å². The molecule has 0 atom stereocenters. The molecule has 0 radical (unpaired) electrons. The molecule has 0 aliphatic heterocycles. The minimum atomic E-state index is 0.364. The SMILES string of the molecule is Nc1nc2c(-c3cn[nH]n3)nccc2[nH]1. The van der Waals surface area contributed by atoms with E-state index in [1.807, 2.05) is 6.07 Å². The maximum atomic E-state index is 5.57. The number of nitrogen functional groups attached to an aromatic ring is 1. The number of nitrogens with zero attached hydrogens (tertiary/aromatic N) is 4. The molecule has 3 heterocycles. The molecule has 0 saturated heterocycles. The van der Waals surface area contributed by atoms with Crippen molar-refractivity contribution >= 4 is 17.0 Å². The van der Waals surface area contributed by atoms with Crippen molar-refractivity contribution in [1.29, 1.82) is 0 Å². The minimum Gasteiger partial charge on any atom is -0.369 e. The molecule has 0 aromatic carbocycles. The zero-order valence-corrected chi connectivity index (χ0v) is 7.60. The second kappa shape index (κ2) is 2.77. The largest absolute Gasteiger partial charge is 0.369 e. The first-order valence-electron chi connectivity index (χ1n) is 4.31. The van der Waals surface area contributed by atoms with E-state index in [2.05, 4.69) is 30.4 Å². The molecule has 3 rings (SSSR count). The summed E-state index contributed by atoms with van der Waals surface area (Å²) in [5, 5.41) is 10.2. The number of aromatic nitrogens is 6. The summed E-state index contributed by atoms with van der Waals surface area (Å²) in [7, 11) is 0. The van der Waals surface area contributed by atoms with E-state index in [1.165, 1.54) is 0 Å². The third-order valence-electron chi connectivity index (χ3n) is 2.08. The molecule has 0 saturated carbocycles. The van der Waals surface area contributed by atoms with Crippen molar-refractivity contribution in [2.24, 2.45) is 0 Å². The molecule has 3 aromatic rings. The van der Waals surface area contributed by atoms with Gasteiger partial charge in [0.15, 0.2) is 5.95 Å². The normalized spacial score (nSPS) is 10.9. The van der Waals surface area contributed by atoms with Crippen LogP contribution < -0.4 is 5.73 Å². The lowest BCUT2D eigenvalue weighted by molar-refractivity contribution is 0.941. The fourth-order valence-corrected chi connectivity index (χ4v) is 1.46. The molecule has 0 bridgehead atoms. The lowest BCUT2D eigenvalue weighted by Gasteiger charge is -1.94. The van der Waals surface area contributed by atoms with Crippen LogP contribution in [-0.4, -0.2) is 30.4 Å². The van der Waals surface area contributed by atoms with Gasteiger partial charge in [0.2, 0.25) is 0 Å². The van der Waals surface area contributed by atoms with Crippen molar-refractivity contribution in [3.63, 3.8) is 0 Å². The Morgan fingerprint density at radius 2 is 2.27 bits per heavy atom. The molecule has 0 unspecified atom stereocenters. The summed E-state index contributed by atoms with van der Waals surface area (Å²) in [5.74, 6) is 0.364. The molecule has 15 heavy (non-hydrogen) atoms. The molecule has 3 aromatic heterocycles. The monoisotopic (exact) mass is 201 g/mol. The Hall–Kier alpha value is -2.44. The van der Waals surface area contributed by atoms with Crippen LogP contribution in [0.4, 0.5) is 5.95 Å². The molecular weight excluding hydrogens is 194 g/mol. The number of nitrogens with one attached hydrogen (secondary N) is 2. The third-order valence-corrected chi connectivity index (χ3v) is 2.08. The molecule has 0 aliphatic rings. The van der Waals surface area contributed by atoms with E-state index < -0.39 is 0 Å². The number of hydrogen-bond acceptors (Lipinski definition) is 5. The zero-order chi connectivity index (χ0) is 10.3. The van der Waals surface area contributed by atoms with E-state index in [9.17, 15) is 0 Å². The van der Waals surface area contributed by atoms with Crippen LogP contribution in [0.25, 0.3) is 22.4 Å². The minimum absolute atomic E-state index is 0.364. The molecule has 0 amide bonds. The Morgan fingerprint density at radius 3 is 3.07 bits per heavy atom. The van der Waals surface area contributed by atoms with E-state index in [0.717, 1.165) is 5.52 Å². The van der Waals surface area contributed by atoms with Gasteiger partial charge in [0.05, 0.1) is 11.7 Å². The number of pyridine rings is 1. The Labute approximate surface area is 83.7 Å². The van der Waals surface area contributed by atoms with Crippen LogP contribution in [0.2, 0.25) is 0 Å². The summed E-state index contributed by atoms with van der Waals surface area (Å²) in [6.07, 6.45) is 3.26. The molecule has 74 valence electrons. The number of aromatic amines is 2. The Kier molecular flexibility index (Phi) is 1.46. The fraction of sp³-hybridized carbons (Fsp3) is 0. The van der Waals surface area contributed by atoms with Gasteiger partial charge in [-0.1, -0.05) is 0 Å². The van der Waals surface area contributed by atoms with Gasteiger partial charge in [0, 0.05) is 6.20 Å². The van der Waals surface area contributed by atoms with Crippen molar-refractivity contribution in [3.05, 3.63) is 18.5 Å². The highest BCUT2D eigenvalue weighted by molar-refractivity contribution is 5.89. The lowest BCUT2D eigenvalue weighted by atomic mass is 10.2. The fourth-order valence-electron chi connectivity index (χ4n) is 1.46. The van der Waals surface area contributed by atoms with Gasteiger partial charge in [-0.3, -0.25) is 4.98 Å². The van der Waals surface area contributed by atoms with Crippen LogP contribution in [0.5, 0.6) is 0 Å². The van der Waals surface area contributed by atoms with Crippen LogP contribution in [0, 0.1) is 0 Å². The predicted molar refractivity (Wildman–Crippen MR) is 53.7 cm³/mol. The summed E-state index contributed by atoms with van der Waals surface area (Å²) in [4.78, 5) is 11.3. The molecular formula is C8H7N7. The second-order valence-corrected chi connectivity index (χ2v) is 3.03. The van der Waals surface area contributed by atoms with Crippen molar-refractivity contribution < 1.29 is 0 Å². The smallest absolute Gasteiger partial charge is 0.198 e. The predicted octanol–water partition coefficient (Wildman–Crippen LogP) is 0.325. The summed E-state index contributed by atoms with van der Waals surface area (Å²) >= 11 is 0. The number of nitrogens with two attached hydrogens (primary N) is 1. The summed E-state index contributed by atoms with van der Waals surface area (Å²) in [6.45, 7) is 0. The quantitative estimate of drug-likeness (QED) is 0.525. The van der Waals surface area contributed by atoms with E-state index >= 15 is 0 Å². The summed E-state index contributed by atoms with van der Waals surface area (Å²) in [6, 6.07) is 1.81.